The second kappa shape index (κ2) is 7.63. The van der Waals surface area contributed by atoms with Gasteiger partial charge in [-0.1, -0.05) is 6.07 Å². The summed E-state index contributed by atoms with van der Waals surface area (Å²) in [5, 5.41) is 8.38. The molecule has 0 amide bonds. The molecule has 4 heterocycles. The van der Waals surface area contributed by atoms with Crippen LogP contribution in [0.2, 0.25) is 0 Å². The zero-order valence-corrected chi connectivity index (χ0v) is 18.2. The molecule has 0 unspecified atom stereocenters. The smallest absolute Gasteiger partial charge is 0.183 e. The van der Waals surface area contributed by atoms with Crippen LogP contribution in [0.15, 0.2) is 49.2 Å². The van der Waals surface area contributed by atoms with Crippen molar-refractivity contribution in [1.29, 1.82) is 0 Å². The van der Waals surface area contributed by atoms with Crippen molar-refractivity contribution >= 4 is 22.2 Å². The summed E-state index contributed by atoms with van der Waals surface area (Å²) in [6, 6.07) is 9.04. The van der Waals surface area contributed by atoms with Crippen LogP contribution >= 0.6 is 0 Å². The minimum atomic E-state index is -0.341. The van der Waals surface area contributed by atoms with Gasteiger partial charge in [0.1, 0.15) is 17.1 Å². The molecule has 5 aromatic rings. The van der Waals surface area contributed by atoms with Gasteiger partial charge in [0.15, 0.2) is 5.65 Å². The first-order valence-electron chi connectivity index (χ1n) is 10.8. The molecule has 1 aliphatic rings. The van der Waals surface area contributed by atoms with Gasteiger partial charge in [-0.2, -0.15) is 5.10 Å². The average molecular weight is 444 g/mol. The van der Waals surface area contributed by atoms with E-state index in [-0.39, 0.29) is 11.9 Å². The summed E-state index contributed by atoms with van der Waals surface area (Å²) < 4.78 is 30.2. The minimum absolute atomic E-state index is 0.234. The fourth-order valence-corrected chi connectivity index (χ4v) is 4.32. The van der Waals surface area contributed by atoms with Crippen molar-refractivity contribution < 1.29 is 13.9 Å². The Bertz CT molecular complexity index is 1500. The number of aryl methyl sites for hydroxylation is 1. The van der Waals surface area contributed by atoms with E-state index in [0.29, 0.717) is 35.7 Å². The Kier molecular flexibility index (Phi) is 4.58. The standard InChI is InChI=1S/C24H21FN6O2/c1-3-30-12-27-23-18(9-28-29-24(23)30)14-4-5-19(25)16(6-14)17-7-21-20(8-22(17)32-2)26-13-31(21)15-10-33-11-15/h4-9,12-13,15H,3,10-11H2,1-2H3. The van der Waals surface area contributed by atoms with Crippen molar-refractivity contribution in [3.05, 3.63) is 55.0 Å². The average Bonchev–Trinajstić information content (AvgIpc) is 3.41. The van der Waals surface area contributed by atoms with Crippen molar-refractivity contribution in [2.45, 2.75) is 19.5 Å². The second-order valence-electron chi connectivity index (χ2n) is 8.04. The molecule has 166 valence electrons. The SMILES string of the molecule is CCn1cnc2c(-c3ccc(F)c(-c4cc5c(cc4OC)ncn5C4COC4)c3)cnnc21. The van der Waals surface area contributed by atoms with Gasteiger partial charge in [-0.05, 0) is 30.7 Å². The molecule has 0 atom stereocenters. The predicted molar refractivity (Wildman–Crippen MR) is 122 cm³/mol. The maximum atomic E-state index is 15.2. The lowest BCUT2D eigenvalue weighted by molar-refractivity contribution is -0.0216. The number of hydrogen-bond donors (Lipinski definition) is 0. The highest BCUT2D eigenvalue weighted by atomic mass is 19.1. The lowest BCUT2D eigenvalue weighted by Crippen LogP contribution is -2.30. The summed E-state index contributed by atoms with van der Waals surface area (Å²) in [5.74, 6) is 0.216. The van der Waals surface area contributed by atoms with Gasteiger partial charge < -0.3 is 18.6 Å². The van der Waals surface area contributed by atoms with E-state index < -0.39 is 0 Å². The molecule has 33 heavy (non-hydrogen) atoms. The van der Waals surface area contributed by atoms with E-state index in [0.717, 1.165) is 34.2 Å². The van der Waals surface area contributed by atoms with Gasteiger partial charge in [0.25, 0.3) is 0 Å². The van der Waals surface area contributed by atoms with Gasteiger partial charge in [-0.3, -0.25) is 0 Å². The van der Waals surface area contributed by atoms with Gasteiger partial charge in [0, 0.05) is 29.3 Å². The van der Waals surface area contributed by atoms with E-state index in [1.165, 1.54) is 6.07 Å². The zero-order chi connectivity index (χ0) is 22.5. The van der Waals surface area contributed by atoms with E-state index in [9.17, 15) is 0 Å². The van der Waals surface area contributed by atoms with E-state index in [1.807, 2.05) is 29.7 Å². The molecular weight excluding hydrogens is 423 g/mol. The maximum absolute atomic E-state index is 15.2. The third-order valence-electron chi connectivity index (χ3n) is 6.22. The Hall–Kier alpha value is -3.85. The number of rotatable bonds is 5. The Morgan fingerprint density at radius 2 is 1.97 bits per heavy atom. The number of ether oxygens (including phenoxy) is 2. The first-order chi connectivity index (χ1) is 16.2. The Morgan fingerprint density at radius 3 is 2.73 bits per heavy atom. The molecule has 0 N–H and O–H groups in total. The van der Waals surface area contributed by atoms with Crippen LogP contribution < -0.4 is 4.74 Å². The molecule has 1 saturated heterocycles. The van der Waals surface area contributed by atoms with E-state index in [4.69, 9.17) is 9.47 Å². The normalized spacial score (nSPS) is 14.2. The van der Waals surface area contributed by atoms with Crippen LogP contribution in [-0.4, -0.2) is 49.6 Å². The molecule has 0 aliphatic carbocycles. The molecule has 2 aromatic carbocycles. The summed E-state index contributed by atoms with van der Waals surface area (Å²) >= 11 is 0. The van der Waals surface area contributed by atoms with Crippen molar-refractivity contribution in [3.63, 3.8) is 0 Å². The van der Waals surface area contributed by atoms with Gasteiger partial charge in [-0.15, -0.1) is 5.10 Å². The van der Waals surface area contributed by atoms with Crippen molar-refractivity contribution in [3.8, 4) is 28.0 Å². The molecule has 0 saturated carbocycles. The number of aromatic nitrogens is 6. The highest BCUT2D eigenvalue weighted by molar-refractivity contribution is 5.92. The maximum Gasteiger partial charge on any atom is 0.183 e. The summed E-state index contributed by atoms with van der Waals surface area (Å²) in [6.45, 7) is 4.05. The van der Waals surface area contributed by atoms with Crippen molar-refractivity contribution in [2.24, 2.45) is 0 Å². The fourth-order valence-electron chi connectivity index (χ4n) is 4.32. The van der Waals surface area contributed by atoms with Crippen LogP contribution in [0.1, 0.15) is 13.0 Å². The number of benzene rings is 2. The molecule has 1 fully saturated rings. The first kappa shape index (κ1) is 19.8. The topological polar surface area (TPSA) is 79.9 Å². The molecule has 0 radical (unpaired) electrons. The third kappa shape index (κ3) is 3.07. The number of halogens is 1. The predicted octanol–water partition coefficient (Wildman–Crippen LogP) is 4.25. The summed E-state index contributed by atoms with van der Waals surface area (Å²) in [5.41, 5.74) is 5.83. The highest BCUT2D eigenvalue weighted by Gasteiger charge is 2.24. The number of fused-ring (bicyclic) bond motifs is 2. The largest absolute Gasteiger partial charge is 0.496 e. The highest BCUT2D eigenvalue weighted by Crippen LogP contribution is 2.38. The zero-order valence-electron chi connectivity index (χ0n) is 18.2. The number of hydrogen-bond acceptors (Lipinski definition) is 6. The Labute approximate surface area is 188 Å². The fraction of sp³-hybridized carbons (Fsp3) is 0.250. The van der Waals surface area contributed by atoms with Crippen molar-refractivity contribution in [2.75, 3.05) is 20.3 Å². The molecule has 6 rings (SSSR count). The molecule has 8 nitrogen and oxygen atoms in total. The Balaban J connectivity index is 1.53. The Morgan fingerprint density at radius 1 is 1.09 bits per heavy atom. The lowest BCUT2D eigenvalue weighted by Gasteiger charge is -2.27. The second-order valence-corrected chi connectivity index (χ2v) is 8.04. The molecule has 9 heteroatoms. The van der Waals surface area contributed by atoms with Crippen LogP contribution in [0.3, 0.4) is 0 Å². The quantitative estimate of drug-likeness (QED) is 0.403. The van der Waals surface area contributed by atoms with Gasteiger partial charge in [0.05, 0.1) is 56.3 Å². The van der Waals surface area contributed by atoms with Crippen molar-refractivity contribution in [1.82, 2.24) is 29.3 Å². The third-order valence-corrected chi connectivity index (χ3v) is 6.22. The van der Waals surface area contributed by atoms with Gasteiger partial charge in [-0.25, -0.2) is 14.4 Å². The van der Waals surface area contributed by atoms with E-state index >= 15 is 4.39 Å². The summed E-state index contributed by atoms with van der Waals surface area (Å²) in [4.78, 5) is 9.03. The van der Waals surface area contributed by atoms with E-state index in [1.54, 1.807) is 32.0 Å². The van der Waals surface area contributed by atoms with Crippen LogP contribution in [0, 0.1) is 5.82 Å². The molecular formula is C24H21FN6O2. The lowest BCUT2D eigenvalue weighted by atomic mass is 9.98. The molecule has 1 aliphatic heterocycles. The number of methoxy groups -OCH3 is 1. The van der Waals surface area contributed by atoms with Gasteiger partial charge in [0.2, 0.25) is 0 Å². The van der Waals surface area contributed by atoms with Crippen LogP contribution in [0.4, 0.5) is 4.39 Å². The van der Waals surface area contributed by atoms with Gasteiger partial charge >= 0.3 is 0 Å². The van der Waals surface area contributed by atoms with Crippen LogP contribution in [0.5, 0.6) is 5.75 Å². The first-order valence-corrected chi connectivity index (χ1v) is 10.8. The summed E-state index contributed by atoms with van der Waals surface area (Å²) in [7, 11) is 1.58. The molecule has 3 aromatic heterocycles. The van der Waals surface area contributed by atoms with E-state index in [2.05, 4.69) is 24.7 Å². The van der Waals surface area contributed by atoms with Crippen LogP contribution in [-0.2, 0) is 11.3 Å². The minimum Gasteiger partial charge on any atom is -0.496 e. The molecule has 0 spiro atoms. The molecule has 0 bridgehead atoms. The summed E-state index contributed by atoms with van der Waals surface area (Å²) in [6.07, 6.45) is 5.21. The van der Waals surface area contributed by atoms with Crippen LogP contribution in [0.25, 0.3) is 44.5 Å². The number of nitrogens with zero attached hydrogens (tertiary/aromatic N) is 6. The number of imidazole rings is 2. The monoisotopic (exact) mass is 444 g/mol.